The molecule has 0 aliphatic rings. The third-order valence-electron chi connectivity index (χ3n) is 3.05. The first-order valence-electron chi connectivity index (χ1n) is 6.78. The molecule has 0 spiro atoms. The van der Waals surface area contributed by atoms with Crippen molar-refractivity contribution in [3.63, 3.8) is 0 Å². The Labute approximate surface area is 129 Å². The molecule has 3 nitrogen and oxygen atoms in total. The summed E-state index contributed by atoms with van der Waals surface area (Å²) < 4.78 is 5.68. The van der Waals surface area contributed by atoms with Crippen LogP contribution >= 0.6 is 11.3 Å². The van der Waals surface area contributed by atoms with Gasteiger partial charge < -0.3 is 9.57 Å². The zero-order chi connectivity index (χ0) is 15.1. The normalized spacial score (nSPS) is 11.2. The molecular weight excluding hydrogens is 282 g/mol. The first-order chi connectivity index (χ1) is 10.2. The molecule has 4 heteroatoms. The molecule has 1 aromatic heterocycles. The van der Waals surface area contributed by atoms with Gasteiger partial charge in [-0.2, -0.15) is 11.3 Å². The minimum Gasteiger partial charge on any atom is -0.489 e. The number of ether oxygens (including phenoxy) is 1. The number of hydrogen-bond acceptors (Lipinski definition) is 4. The summed E-state index contributed by atoms with van der Waals surface area (Å²) in [6, 6.07) is 9.88. The van der Waals surface area contributed by atoms with Crippen molar-refractivity contribution in [2.75, 3.05) is 13.7 Å². The highest BCUT2D eigenvalue weighted by Gasteiger charge is 2.08. The van der Waals surface area contributed by atoms with E-state index in [2.05, 4.69) is 18.7 Å². The van der Waals surface area contributed by atoms with Gasteiger partial charge in [-0.1, -0.05) is 18.7 Å². The summed E-state index contributed by atoms with van der Waals surface area (Å²) in [6.07, 6.45) is 0.931. The topological polar surface area (TPSA) is 30.8 Å². The molecule has 2 aromatic rings. The summed E-state index contributed by atoms with van der Waals surface area (Å²) in [4.78, 5) is 4.96. The Morgan fingerprint density at radius 3 is 2.52 bits per heavy atom. The van der Waals surface area contributed by atoms with E-state index >= 15 is 0 Å². The maximum absolute atomic E-state index is 5.68. The number of nitrogens with zero attached hydrogens (tertiary/aromatic N) is 1. The lowest BCUT2D eigenvalue weighted by atomic mass is 10.1. The Morgan fingerprint density at radius 1 is 1.19 bits per heavy atom. The van der Waals surface area contributed by atoms with Crippen LogP contribution in [0.1, 0.15) is 24.5 Å². The largest absolute Gasteiger partial charge is 0.489 e. The number of oxime groups is 1. The van der Waals surface area contributed by atoms with Gasteiger partial charge in [0, 0.05) is 16.5 Å². The second-order valence-corrected chi connectivity index (χ2v) is 5.33. The highest BCUT2D eigenvalue weighted by Crippen LogP contribution is 2.18. The summed E-state index contributed by atoms with van der Waals surface area (Å²) in [7, 11) is 1.56. The standard InChI is InChI=1S/C17H19NO2S/c1-4-13(2)11-20-16-7-5-14(6-8-16)17(18-19-3)15-9-10-21-12-15/h5-10,12H,2,4,11H2,1,3H3. The van der Waals surface area contributed by atoms with Crippen LogP contribution < -0.4 is 4.74 Å². The van der Waals surface area contributed by atoms with E-state index < -0.39 is 0 Å². The lowest BCUT2D eigenvalue weighted by Gasteiger charge is -2.09. The highest BCUT2D eigenvalue weighted by molar-refractivity contribution is 7.08. The highest BCUT2D eigenvalue weighted by atomic mass is 32.1. The second kappa shape index (κ2) is 7.64. The molecule has 2 rings (SSSR count). The number of rotatable bonds is 7. The number of benzene rings is 1. The smallest absolute Gasteiger partial charge is 0.119 e. The van der Waals surface area contributed by atoms with Crippen LogP contribution in [0.4, 0.5) is 0 Å². The molecule has 0 unspecified atom stereocenters. The molecule has 110 valence electrons. The number of hydrogen-bond donors (Lipinski definition) is 0. The predicted molar refractivity (Wildman–Crippen MR) is 88.3 cm³/mol. The van der Waals surface area contributed by atoms with Gasteiger partial charge in [-0.15, -0.1) is 0 Å². The lowest BCUT2D eigenvalue weighted by Crippen LogP contribution is -2.03. The summed E-state index contributed by atoms with van der Waals surface area (Å²) in [6.45, 7) is 6.56. The minimum absolute atomic E-state index is 0.555. The molecule has 1 aromatic carbocycles. The van der Waals surface area contributed by atoms with Gasteiger partial charge in [0.25, 0.3) is 0 Å². The Morgan fingerprint density at radius 2 is 1.95 bits per heavy atom. The average Bonchev–Trinajstić information content (AvgIpc) is 3.05. The summed E-state index contributed by atoms with van der Waals surface area (Å²) >= 11 is 1.63. The van der Waals surface area contributed by atoms with Gasteiger partial charge in [0.2, 0.25) is 0 Å². The maximum Gasteiger partial charge on any atom is 0.119 e. The van der Waals surface area contributed by atoms with Crippen LogP contribution in [0.3, 0.4) is 0 Å². The predicted octanol–water partition coefficient (Wildman–Crippen LogP) is 4.49. The van der Waals surface area contributed by atoms with E-state index in [0.29, 0.717) is 6.61 Å². The van der Waals surface area contributed by atoms with Gasteiger partial charge in [0.05, 0.1) is 0 Å². The fraction of sp³-hybridized carbons (Fsp3) is 0.235. The molecular formula is C17H19NO2S. The van der Waals surface area contributed by atoms with Crippen LogP contribution in [0, 0.1) is 0 Å². The second-order valence-electron chi connectivity index (χ2n) is 4.55. The molecule has 21 heavy (non-hydrogen) atoms. The monoisotopic (exact) mass is 301 g/mol. The zero-order valence-electron chi connectivity index (χ0n) is 12.3. The minimum atomic E-state index is 0.555. The fourth-order valence-corrected chi connectivity index (χ4v) is 2.40. The van der Waals surface area contributed by atoms with E-state index in [1.807, 2.05) is 41.1 Å². The van der Waals surface area contributed by atoms with Crippen molar-refractivity contribution in [2.45, 2.75) is 13.3 Å². The molecule has 1 heterocycles. The van der Waals surface area contributed by atoms with E-state index in [1.165, 1.54) is 0 Å². The third kappa shape index (κ3) is 4.20. The van der Waals surface area contributed by atoms with Gasteiger partial charge in [-0.25, -0.2) is 0 Å². The van der Waals surface area contributed by atoms with Crippen LogP contribution in [0.15, 0.2) is 58.4 Å². The molecule has 0 radical (unpaired) electrons. The van der Waals surface area contributed by atoms with Crippen LogP contribution in [0.25, 0.3) is 0 Å². The van der Waals surface area contributed by atoms with Gasteiger partial charge in [0.1, 0.15) is 25.2 Å². The Hall–Kier alpha value is -2.07. The lowest BCUT2D eigenvalue weighted by molar-refractivity contribution is 0.214. The van der Waals surface area contributed by atoms with E-state index in [4.69, 9.17) is 9.57 Å². The van der Waals surface area contributed by atoms with E-state index in [9.17, 15) is 0 Å². The van der Waals surface area contributed by atoms with Crippen molar-refractivity contribution in [3.8, 4) is 5.75 Å². The SMILES string of the molecule is C=C(CC)COc1ccc(C(=NOC)c2ccsc2)cc1. The Balaban J connectivity index is 2.13. The van der Waals surface area contributed by atoms with E-state index in [0.717, 1.165) is 34.6 Å². The van der Waals surface area contributed by atoms with Crippen molar-refractivity contribution in [3.05, 3.63) is 64.4 Å². The van der Waals surface area contributed by atoms with Gasteiger partial charge in [-0.3, -0.25) is 0 Å². The Kier molecular flexibility index (Phi) is 5.58. The van der Waals surface area contributed by atoms with Crippen molar-refractivity contribution >= 4 is 17.0 Å². The van der Waals surface area contributed by atoms with Crippen molar-refractivity contribution < 1.29 is 9.57 Å². The maximum atomic E-state index is 5.68. The van der Waals surface area contributed by atoms with E-state index in [1.54, 1.807) is 18.4 Å². The first-order valence-corrected chi connectivity index (χ1v) is 7.72. The van der Waals surface area contributed by atoms with Crippen molar-refractivity contribution in [1.29, 1.82) is 0 Å². The molecule has 0 aliphatic carbocycles. The third-order valence-corrected chi connectivity index (χ3v) is 3.73. The molecule has 0 bridgehead atoms. The molecule has 0 atom stereocenters. The van der Waals surface area contributed by atoms with Crippen LogP contribution in [-0.4, -0.2) is 19.4 Å². The van der Waals surface area contributed by atoms with Crippen LogP contribution in [-0.2, 0) is 4.84 Å². The van der Waals surface area contributed by atoms with Gasteiger partial charge in [0.15, 0.2) is 0 Å². The van der Waals surface area contributed by atoms with Crippen molar-refractivity contribution in [2.24, 2.45) is 5.16 Å². The zero-order valence-corrected chi connectivity index (χ0v) is 13.2. The van der Waals surface area contributed by atoms with Gasteiger partial charge >= 0.3 is 0 Å². The average molecular weight is 301 g/mol. The number of thiophene rings is 1. The van der Waals surface area contributed by atoms with Crippen LogP contribution in [0.2, 0.25) is 0 Å². The van der Waals surface area contributed by atoms with E-state index in [-0.39, 0.29) is 0 Å². The molecule has 0 N–H and O–H groups in total. The first kappa shape index (κ1) is 15.3. The fourth-order valence-electron chi connectivity index (χ4n) is 1.76. The Bertz CT molecular complexity index is 600. The van der Waals surface area contributed by atoms with Crippen molar-refractivity contribution in [1.82, 2.24) is 0 Å². The molecule has 0 amide bonds. The quantitative estimate of drug-likeness (QED) is 0.428. The summed E-state index contributed by atoms with van der Waals surface area (Å²) in [5.74, 6) is 0.829. The molecule has 0 saturated heterocycles. The molecule has 0 saturated carbocycles. The summed E-state index contributed by atoms with van der Waals surface area (Å²) in [5, 5.41) is 8.19. The van der Waals surface area contributed by atoms with Gasteiger partial charge in [-0.05, 0) is 47.7 Å². The molecule has 0 fully saturated rings. The molecule has 0 aliphatic heterocycles. The van der Waals surface area contributed by atoms with Crippen LogP contribution in [0.5, 0.6) is 5.75 Å². The summed E-state index contributed by atoms with van der Waals surface area (Å²) in [5.41, 5.74) is 3.95.